The summed E-state index contributed by atoms with van der Waals surface area (Å²) in [6.07, 6.45) is 2.14. The number of hydrogen-bond acceptors (Lipinski definition) is 1. The van der Waals surface area contributed by atoms with Gasteiger partial charge in [0.2, 0.25) is 0 Å². The van der Waals surface area contributed by atoms with Crippen LogP contribution >= 0.6 is 0 Å². The van der Waals surface area contributed by atoms with Gasteiger partial charge in [0.05, 0.1) is 0 Å². The number of aromatic nitrogens is 1. The normalized spacial score (nSPS) is 12.8. The van der Waals surface area contributed by atoms with Crippen LogP contribution in [0.2, 0.25) is 0 Å². The van der Waals surface area contributed by atoms with E-state index < -0.39 is 0 Å². The van der Waals surface area contributed by atoms with Gasteiger partial charge in [0.15, 0.2) is 0 Å². The highest BCUT2D eigenvalue weighted by molar-refractivity contribution is 5.19. The van der Waals surface area contributed by atoms with E-state index in [-0.39, 0.29) is 0 Å². The van der Waals surface area contributed by atoms with Crippen molar-refractivity contribution in [1.29, 1.82) is 0 Å². The lowest BCUT2D eigenvalue weighted by molar-refractivity contribution is 0.405. The molecule has 0 aliphatic rings. The van der Waals surface area contributed by atoms with Gasteiger partial charge in [-0.3, -0.25) is 0 Å². The topological polar surface area (TPSA) is 17.0 Å². The van der Waals surface area contributed by atoms with Gasteiger partial charge in [-0.05, 0) is 30.5 Å². The van der Waals surface area contributed by atoms with Crippen molar-refractivity contribution in [2.45, 2.75) is 39.9 Å². The molecule has 0 fully saturated rings. The van der Waals surface area contributed by atoms with Gasteiger partial charge in [0, 0.05) is 31.0 Å². The number of rotatable bonds is 6. The molecule has 1 aromatic carbocycles. The average molecular weight is 256 g/mol. The summed E-state index contributed by atoms with van der Waals surface area (Å²) in [4.78, 5) is 0. The molecule has 1 N–H and O–H groups in total. The zero-order valence-electron chi connectivity index (χ0n) is 12.1. The van der Waals surface area contributed by atoms with Gasteiger partial charge < -0.3 is 9.88 Å². The van der Waals surface area contributed by atoms with E-state index in [1.54, 1.807) is 0 Å². The van der Waals surface area contributed by atoms with E-state index in [1.807, 2.05) is 0 Å². The van der Waals surface area contributed by atoms with E-state index in [0.29, 0.717) is 12.0 Å². The zero-order valence-corrected chi connectivity index (χ0v) is 12.1. The van der Waals surface area contributed by atoms with Crippen molar-refractivity contribution < 1.29 is 0 Å². The SMILES string of the molecule is CCn1cccc1CNC(c1ccccc1)C(C)C. The van der Waals surface area contributed by atoms with E-state index in [1.165, 1.54) is 11.3 Å². The lowest BCUT2D eigenvalue weighted by atomic mass is 9.96. The molecule has 102 valence electrons. The molecule has 2 aromatic rings. The first-order valence-corrected chi connectivity index (χ1v) is 7.14. The number of hydrogen-bond donors (Lipinski definition) is 1. The minimum absolute atomic E-state index is 0.404. The van der Waals surface area contributed by atoms with Crippen molar-refractivity contribution in [1.82, 2.24) is 9.88 Å². The summed E-state index contributed by atoms with van der Waals surface area (Å²) in [6, 6.07) is 15.4. The zero-order chi connectivity index (χ0) is 13.7. The highest BCUT2D eigenvalue weighted by Crippen LogP contribution is 2.21. The Kier molecular flexibility index (Phi) is 4.80. The van der Waals surface area contributed by atoms with Crippen LogP contribution in [0, 0.1) is 5.92 Å². The highest BCUT2D eigenvalue weighted by atomic mass is 15.0. The standard InChI is InChI=1S/C17H24N2/c1-4-19-12-8-11-16(19)13-18-17(14(2)3)15-9-6-5-7-10-15/h5-12,14,17-18H,4,13H2,1-3H3. The Morgan fingerprint density at radius 1 is 1.05 bits per heavy atom. The molecule has 0 aliphatic heterocycles. The van der Waals surface area contributed by atoms with Crippen molar-refractivity contribution in [3.63, 3.8) is 0 Å². The first-order chi connectivity index (χ1) is 9.22. The summed E-state index contributed by atoms with van der Waals surface area (Å²) < 4.78 is 2.29. The van der Waals surface area contributed by atoms with Crippen molar-refractivity contribution in [3.8, 4) is 0 Å². The lowest BCUT2D eigenvalue weighted by Gasteiger charge is -2.23. The summed E-state index contributed by atoms with van der Waals surface area (Å²) in [5.74, 6) is 0.576. The van der Waals surface area contributed by atoms with Crippen LogP contribution in [0.25, 0.3) is 0 Å². The van der Waals surface area contributed by atoms with E-state index in [0.717, 1.165) is 13.1 Å². The molecule has 0 aliphatic carbocycles. The second-order valence-electron chi connectivity index (χ2n) is 5.30. The van der Waals surface area contributed by atoms with Gasteiger partial charge in [0.1, 0.15) is 0 Å². The van der Waals surface area contributed by atoms with Crippen molar-refractivity contribution in [3.05, 3.63) is 59.9 Å². The maximum Gasteiger partial charge on any atom is 0.0364 e. The maximum absolute atomic E-state index is 3.69. The van der Waals surface area contributed by atoms with Crippen molar-refractivity contribution >= 4 is 0 Å². The third kappa shape index (κ3) is 3.48. The van der Waals surface area contributed by atoms with Crippen LogP contribution in [-0.4, -0.2) is 4.57 Å². The molecule has 1 atom stereocenters. The van der Waals surface area contributed by atoms with Gasteiger partial charge in [0.25, 0.3) is 0 Å². The van der Waals surface area contributed by atoms with Crippen molar-refractivity contribution in [2.75, 3.05) is 0 Å². The third-order valence-corrected chi connectivity index (χ3v) is 3.59. The fourth-order valence-electron chi connectivity index (χ4n) is 2.53. The van der Waals surface area contributed by atoms with Crippen LogP contribution < -0.4 is 5.32 Å². The van der Waals surface area contributed by atoms with Crippen LogP contribution in [0.3, 0.4) is 0 Å². The predicted octanol–water partition coefficient (Wildman–Crippen LogP) is 3.99. The molecule has 19 heavy (non-hydrogen) atoms. The summed E-state index contributed by atoms with van der Waals surface area (Å²) in [5.41, 5.74) is 2.72. The smallest absolute Gasteiger partial charge is 0.0364 e. The summed E-state index contributed by atoms with van der Waals surface area (Å²) >= 11 is 0. The van der Waals surface area contributed by atoms with Crippen molar-refractivity contribution in [2.24, 2.45) is 5.92 Å². The van der Waals surface area contributed by atoms with E-state index in [9.17, 15) is 0 Å². The van der Waals surface area contributed by atoms with Crippen LogP contribution in [0.15, 0.2) is 48.7 Å². The molecule has 2 nitrogen and oxygen atoms in total. The van der Waals surface area contributed by atoms with E-state index in [4.69, 9.17) is 0 Å². The van der Waals surface area contributed by atoms with Crippen LogP contribution in [0.4, 0.5) is 0 Å². The van der Waals surface area contributed by atoms with E-state index in [2.05, 4.69) is 79.3 Å². The Morgan fingerprint density at radius 3 is 2.42 bits per heavy atom. The monoisotopic (exact) mass is 256 g/mol. The first-order valence-electron chi connectivity index (χ1n) is 7.14. The number of nitrogens with one attached hydrogen (secondary N) is 1. The molecule has 1 aromatic heterocycles. The quantitative estimate of drug-likeness (QED) is 0.826. The molecule has 1 heterocycles. The Balaban J connectivity index is 2.06. The number of aryl methyl sites for hydroxylation is 1. The van der Waals surface area contributed by atoms with Gasteiger partial charge in [-0.1, -0.05) is 44.2 Å². The lowest BCUT2D eigenvalue weighted by Crippen LogP contribution is -2.26. The summed E-state index contributed by atoms with van der Waals surface area (Å²) in [6.45, 7) is 8.66. The number of nitrogens with zero attached hydrogens (tertiary/aromatic N) is 1. The average Bonchev–Trinajstić information content (AvgIpc) is 2.87. The third-order valence-electron chi connectivity index (χ3n) is 3.59. The summed E-state index contributed by atoms with van der Waals surface area (Å²) in [7, 11) is 0. The second kappa shape index (κ2) is 6.58. The van der Waals surface area contributed by atoms with Gasteiger partial charge in [-0.2, -0.15) is 0 Å². The molecule has 0 saturated carbocycles. The van der Waals surface area contributed by atoms with Gasteiger partial charge in [-0.15, -0.1) is 0 Å². The minimum atomic E-state index is 0.404. The fourth-order valence-corrected chi connectivity index (χ4v) is 2.53. The Hall–Kier alpha value is -1.54. The van der Waals surface area contributed by atoms with Crippen LogP contribution in [0.5, 0.6) is 0 Å². The van der Waals surface area contributed by atoms with Crippen LogP contribution in [-0.2, 0) is 13.1 Å². The molecular weight excluding hydrogens is 232 g/mol. The molecule has 0 saturated heterocycles. The van der Waals surface area contributed by atoms with Gasteiger partial charge >= 0.3 is 0 Å². The van der Waals surface area contributed by atoms with Crippen LogP contribution in [0.1, 0.15) is 38.1 Å². The molecule has 1 unspecified atom stereocenters. The largest absolute Gasteiger partial charge is 0.351 e. The fraction of sp³-hybridized carbons (Fsp3) is 0.412. The van der Waals surface area contributed by atoms with Gasteiger partial charge in [-0.25, -0.2) is 0 Å². The molecule has 2 heteroatoms. The predicted molar refractivity (Wildman–Crippen MR) is 81.0 cm³/mol. The van der Waals surface area contributed by atoms with E-state index >= 15 is 0 Å². The molecule has 0 radical (unpaired) electrons. The highest BCUT2D eigenvalue weighted by Gasteiger charge is 2.15. The first kappa shape index (κ1) is 13.9. The molecule has 2 rings (SSSR count). The Labute approximate surface area is 116 Å². The second-order valence-corrected chi connectivity index (χ2v) is 5.30. The summed E-state index contributed by atoms with van der Waals surface area (Å²) in [5, 5.41) is 3.69. The molecule has 0 bridgehead atoms. The minimum Gasteiger partial charge on any atom is -0.351 e. The molecule has 0 spiro atoms. The maximum atomic E-state index is 3.69. The number of benzene rings is 1. The molecule has 0 amide bonds. The Morgan fingerprint density at radius 2 is 1.79 bits per heavy atom. The molecular formula is C17H24N2. The Bertz CT molecular complexity index is 485.